The molecule has 2 rings (SSSR count). The summed E-state index contributed by atoms with van der Waals surface area (Å²) in [7, 11) is 0. The lowest BCUT2D eigenvalue weighted by Gasteiger charge is -2.34. The van der Waals surface area contributed by atoms with E-state index in [0.717, 1.165) is 26.1 Å². The lowest BCUT2D eigenvalue weighted by Crippen LogP contribution is -2.46. The fourth-order valence-corrected chi connectivity index (χ4v) is 2.57. The Hall–Kier alpha value is -0.0800. The smallest absolute Gasteiger partial charge is 0.0990 e. The Balaban J connectivity index is 2.28. The molecule has 0 spiro atoms. The minimum absolute atomic E-state index is 0.00627. The lowest BCUT2D eigenvalue weighted by molar-refractivity contribution is -0.0758. The molecule has 0 aromatic heterocycles. The zero-order valence-electron chi connectivity index (χ0n) is 8.22. The minimum atomic E-state index is -0.0122. The highest BCUT2D eigenvalue weighted by molar-refractivity contribution is 5.08. The fraction of sp³-hybridized carbons (Fsp3) is 1.00. The first kappa shape index (κ1) is 8.52. The molecule has 2 fully saturated rings. The molecule has 2 nitrogen and oxygen atoms in total. The highest BCUT2D eigenvalue weighted by Crippen LogP contribution is 2.49. The van der Waals surface area contributed by atoms with E-state index in [1.807, 2.05) is 0 Å². The van der Waals surface area contributed by atoms with Crippen molar-refractivity contribution in [2.45, 2.75) is 44.8 Å². The van der Waals surface area contributed by atoms with E-state index in [1.165, 1.54) is 0 Å². The summed E-state index contributed by atoms with van der Waals surface area (Å²) in [6.07, 6.45) is 2.21. The van der Waals surface area contributed by atoms with Crippen LogP contribution in [-0.4, -0.2) is 24.4 Å². The van der Waals surface area contributed by atoms with Crippen LogP contribution in [0.3, 0.4) is 0 Å². The molecule has 0 saturated carbocycles. The molecule has 0 aromatic carbocycles. The predicted octanol–water partition coefficient (Wildman–Crippen LogP) is 1.98. The molecule has 0 aromatic rings. The molecule has 12 heavy (non-hydrogen) atoms. The van der Waals surface area contributed by atoms with E-state index in [-0.39, 0.29) is 11.2 Å². The molecule has 70 valence electrons. The van der Waals surface area contributed by atoms with Crippen LogP contribution in [-0.2, 0) is 9.47 Å². The van der Waals surface area contributed by atoms with E-state index < -0.39 is 0 Å². The van der Waals surface area contributed by atoms with Crippen LogP contribution < -0.4 is 0 Å². The molecule has 0 aliphatic carbocycles. The third-order valence-electron chi connectivity index (χ3n) is 3.91. The van der Waals surface area contributed by atoms with Gasteiger partial charge in [0, 0.05) is 12.3 Å². The van der Waals surface area contributed by atoms with Crippen molar-refractivity contribution in [3.8, 4) is 0 Å². The topological polar surface area (TPSA) is 18.5 Å². The van der Waals surface area contributed by atoms with Crippen LogP contribution in [0.5, 0.6) is 0 Å². The van der Waals surface area contributed by atoms with Gasteiger partial charge >= 0.3 is 0 Å². The van der Waals surface area contributed by atoms with Gasteiger partial charge in [-0.05, 0) is 20.3 Å². The van der Waals surface area contributed by atoms with Crippen LogP contribution in [0.25, 0.3) is 0 Å². The molecular formula is C10H18O2. The van der Waals surface area contributed by atoms with E-state index in [0.29, 0.717) is 5.92 Å². The first-order valence-electron chi connectivity index (χ1n) is 4.90. The third-order valence-corrected chi connectivity index (χ3v) is 3.91. The van der Waals surface area contributed by atoms with Crippen molar-refractivity contribution in [2.24, 2.45) is 5.92 Å². The molecule has 3 atom stereocenters. The minimum Gasteiger partial charge on any atom is -0.372 e. The van der Waals surface area contributed by atoms with E-state index >= 15 is 0 Å². The van der Waals surface area contributed by atoms with Gasteiger partial charge in [-0.2, -0.15) is 0 Å². The highest BCUT2D eigenvalue weighted by atomic mass is 16.6. The Bertz CT molecular complexity index is 192. The molecule has 2 saturated heterocycles. The third kappa shape index (κ3) is 0.826. The van der Waals surface area contributed by atoms with Gasteiger partial charge in [0.25, 0.3) is 0 Å². The van der Waals surface area contributed by atoms with E-state index in [2.05, 4.69) is 20.8 Å². The number of hydrogen-bond donors (Lipinski definition) is 0. The molecule has 2 aliphatic rings. The van der Waals surface area contributed by atoms with Gasteiger partial charge in [0.15, 0.2) is 0 Å². The van der Waals surface area contributed by atoms with Crippen molar-refractivity contribution in [3.63, 3.8) is 0 Å². The predicted molar refractivity (Wildman–Crippen MR) is 47.1 cm³/mol. The number of ether oxygens (including phenoxy) is 2. The normalized spacial score (nSPS) is 52.8. The van der Waals surface area contributed by atoms with Crippen LogP contribution in [0.15, 0.2) is 0 Å². The number of hydrogen-bond acceptors (Lipinski definition) is 2. The first-order valence-corrected chi connectivity index (χ1v) is 4.90. The summed E-state index contributed by atoms with van der Waals surface area (Å²) in [5, 5.41) is 0. The number of fused-ring (bicyclic) bond motifs is 1. The average Bonchev–Trinajstić information content (AvgIpc) is 2.41. The Morgan fingerprint density at radius 1 is 1.33 bits per heavy atom. The zero-order chi connectivity index (χ0) is 8.82. The molecule has 2 aliphatic heterocycles. The second-order valence-corrected chi connectivity index (χ2v) is 4.35. The summed E-state index contributed by atoms with van der Waals surface area (Å²) < 4.78 is 11.7. The maximum Gasteiger partial charge on any atom is 0.0990 e. The van der Waals surface area contributed by atoms with Crippen molar-refractivity contribution in [1.82, 2.24) is 0 Å². The molecule has 0 amide bonds. The number of rotatable bonds is 1. The van der Waals surface area contributed by atoms with E-state index in [9.17, 15) is 0 Å². The summed E-state index contributed by atoms with van der Waals surface area (Å²) >= 11 is 0. The van der Waals surface area contributed by atoms with Crippen molar-refractivity contribution in [2.75, 3.05) is 13.2 Å². The summed E-state index contributed by atoms with van der Waals surface area (Å²) in [6.45, 7) is 8.36. The van der Waals surface area contributed by atoms with E-state index in [4.69, 9.17) is 9.47 Å². The Kier molecular flexibility index (Phi) is 1.74. The van der Waals surface area contributed by atoms with Crippen molar-refractivity contribution < 1.29 is 9.47 Å². The highest BCUT2D eigenvalue weighted by Gasteiger charge is 2.59. The summed E-state index contributed by atoms with van der Waals surface area (Å²) in [5.74, 6) is 0.588. The molecule has 0 N–H and O–H groups in total. The molecule has 2 heterocycles. The Morgan fingerprint density at radius 3 is 2.75 bits per heavy atom. The molecular weight excluding hydrogens is 152 g/mol. The van der Waals surface area contributed by atoms with Gasteiger partial charge in [-0.3, -0.25) is 0 Å². The molecule has 2 heteroatoms. The van der Waals surface area contributed by atoms with Crippen molar-refractivity contribution >= 4 is 0 Å². The quantitative estimate of drug-likeness (QED) is 0.599. The fourth-order valence-electron chi connectivity index (χ4n) is 2.57. The van der Waals surface area contributed by atoms with Crippen LogP contribution in [0, 0.1) is 5.92 Å². The van der Waals surface area contributed by atoms with Crippen LogP contribution >= 0.6 is 0 Å². The van der Waals surface area contributed by atoms with Crippen molar-refractivity contribution in [3.05, 3.63) is 0 Å². The first-order chi connectivity index (χ1) is 5.62. The van der Waals surface area contributed by atoms with Gasteiger partial charge in [0.2, 0.25) is 0 Å². The summed E-state index contributed by atoms with van der Waals surface area (Å²) in [6, 6.07) is 0. The van der Waals surface area contributed by atoms with Crippen LogP contribution in [0.2, 0.25) is 0 Å². The summed E-state index contributed by atoms with van der Waals surface area (Å²) in [4.78, 5) is 0. The van der Waals surface area contributed by atoms with Gasteiger partial charge in [0.05, 0.1) is 24.4 Å². The monoisotopic (exact) mass is 170 g/mol. The second-order valence-electron chi connectivity index (χ2n) is 4.35. The maximum atomic E-state index is 5.85. The average molecular weight is 170 g/mol. The van der Waals surface area contributed by atoms with Gasteiger partial charge in [0.1, 0.15) is 0 Å². The lowest BCUT2D eigenvalue weighted by atomic mass is 9.78. The standard InChI is InChI=1S/C10H18O2/c1-4-8-7-12-9(2)5-6-11-10(8,9)3/h8H,4-7H2,1-3H3/t8-,9-,10-/m1/s1. The van der Waals surface area contributed by atoms with Crippen LogP contribution in [0.4, 0.5) is 0 Å². The van der Waals surface area contributed by atoms with Crippen LogP contribution in [0.1, 0.15) is 33.6 Å². The summed E-state index contributed by atoms with van der Waals surface area (Å²) in [5.41, 5.74) is -0.0184. The largest absolute Gasteiger partial charge is 0.372 e. The van der Waals surface area contributed by atoms with Crippen molar-refractivity contribution in [1.29, 1.82) is 0 Å². The Labute approximate surface area is 74.2 Å². The molecule has 0 radical (unpaired) electrons. The van der Waals surface area contributed by atoms with Gasteiger partial charge in [-0.25, -0.2) is 0 Å². The zero-order valence-corrected chi connectivity index (χ0v) is 8.22. The van der Waals surface area contributed by atoms with E-state index in [1.54, 1.807) is 0 Å². The van der Waals surface area contributed by atoms with Gasteiger partial charge in [-0.1, -0.05) is 6.92 Å². The Morgan fingerprint density at radius 2 is 2.08 bits per heavy atom. The maximum absolute atomic E-state index is 5.85. The van der Waals surface area contributed by atoms with Gasteiger partial charge in [-0.15, -0.1) is 0 Å². The second kappa shape index (κ2) is 2.46. The van der Waals surface area contributed by atoms with Gasteiger partial charge < -0.3 is 9.47 Å². The molecule has 0 unspecified atom stereocenters. The SMILES string of the molecule is CC[C@@H]1CO[C@]2(C)CCO[C@]12C. The molecule has 0 bridgehead atoms.